The van der Waals surface area contributed by atoms with Gasteiger partial charge in [-0.2, -0.15) is 0 Å². The predicted molar refractivity (Wildman–Crippen MR) is 321 cm³/mol. The molecule has 0 saturated heterocycles. The van der Waals surface area contributed by atoms with Crippen molar-refractivity contribution in [3.05, 3.63) is 233 Å². The van der Waals surface area contributed by atoms with Crippen LogP contribution in [0, 0.1) is 13.8 Å². The Morgan fingerprint density at radius 3 is 1.57 bits per heavy atom. The molecule has 1 aromatic heterocycles. The Balaban J connectivity index is 1.16. The minimum Gasteiger partial charge on any atom is -0.311 e. The summed E-state index contributed by atoms with van der Waals surface area (Å²) >= 11 is 0. The molecule has 0 bridgehead atoms. The fraction of sp³-hybridized carbons (Fsp3) is 0.214. The number of para-hydroxylation sites is 4. The van der Waals surface area contributed by atoms with Crippen LogP contribution in [-0.4, -0.2) is 17.0 Å². The quantitative estimate of drug-likeness (QED) is 0.155. The molecule has 9 aromatic carbocycles. The van der Waals surface area contributed by atoms with E-state index in [0.717, 1.165) is 39.8 Å². The average molecular weight is 973 g/mol. The maximum atomic E-state index is 5.93. The summed E-state index contributed by atoms with van der Waals surface area (Å²) < 4.78 is 2.47. The van der Waals surface area contributed by atoms with Crippen molar-refractivity contribution in [2.24, 2.45) is 4.99 Å². The zero-order chi connectivity index (χ0) is 51.9. The van der Waals surface area contributed by atoms with Crippen LogP contribution in [0.3, 0.4) is 0 Å². The van der Waals surface area contributed by atoms with Gasteiger partial charge in [-0.15, -0.1) is 0 Å². The summed E-state index contributed by atoms with van der Waals surface area (Å²) in [7, 11) is 0. The van der Waals surface area contributed by atoms with E-state index >= 15 is 0 Å². The lowest BCUT2D eigenvalue weighted by Crippen LogP contribution is -2.62. The van der Waals surface area contributed by atoms with Crippen LogP contribution in [0.2, 0.25) is 0 Å². The van der Waals surface area contributed by atoms with E-state index in [1.807, 2.05) is 0 Å². The highest BCUT2D eigenvalue weighted by molar-refractivity contribution is 6.99. The molecule has 10 aromatic rings. The van der Waals surface area contributed by atoms with Crippen molar-refractivity contribution in [3.8, 4) is 5.69 Å². The maximum absolute atomic E-state index is 5.93. The lowest BCUT2D eigenvalue weighted by Gasteiger charge is -2.43. The second kappa shape index (κ2) is 16.8. The molecule has 1 unspecified atom stereocenters. The molecule has 0 radical (unpaired) electrons. The van der Waals surface area contributed by atoms with Crippen LogP contribution in [-0.2, 0) is 16.2 Å². The van der Waals surface area contributed by atoms with Crippen molar-refractivity contribution >= 4 is 90.4 Å². The Morgan fingerprint density at radius 2 is 1.00 bits per heavy atom. The van der Waals surface area contributed by atoms with Gasteiger partial charge < -0.3 is 14.4 Å². The standard InChI is InChI=1S/C70H65BN4/c1-43-36-46(69(6,7)8)37-44(2)63(43)67-64-55-40-52(73(48-22-14-12-15-23-48)49-24-16-13-17-25-49)42-62-66(55)71(57-38-47(70(9,10)11)39-58(72-67)65(57)64)56-35-34-51(41-61(56)74(62)50-32-30-45(31-33-50)68(3,4)5)75-59-28-20-18-26-53(59)54-27-19-21-29-60(54)75/h12-42,64H,1-11H3. The number of fused-ring (bicyclic) bond motifs is 7. The van der Waals surface area contributed by atoms with Crippen LogP contribution in [0.15, 0.2) is 193 Å². The van der Waals surface area contributed by atoms with E-state index in [1.165, 1.54) is 94.1 Å². The van der Waals surface area contributed by atoms with E-state index in [9.17, 15) is 0 Å². The highest BCUT2D eigenvalue weighted by Gasteiger charge is 2.49. The van der Waals surface area contributed by atoms with Crippen LogP contribution >= 0.6 is 0 Å². The summed E-state index contributed by atoms with van der Waals surface area (Å²) in [6.45, 7) is 25.5. The van der Waals surface area contributed by atoms with Gasteiger partial charge in [0.25, 0.3) is 0 Å². The molecule has 0 amide bonds. The predicted octanol–water partition coefficient (Wildman–Crippen LogP) is 16.6. The minimum absolute atomic E-state index is 0.0101. The summed E-state index contributed by atoms with van der Waals surface area (Å²) in [5, 5.41) is 2.51. The summed E-state index contributed by atoms with van der Waals surface area (Å²) in [6, 6.07) is 71.2. The Labute approximate surface area is 444 Å². The van der Waals surface area contributed by atoms with E-state index in [2.05, 4.69) is 279 Å². The van der Waals surface area contributed by atoms with Gasteiger partial charge in [-0.05, 0) is 159 Å². The lowest BCUT2D eigenvalue weighted by molar-refractivity contribution is 0.589. The Morgan fingerprint density at radius 1 is 0.467 bits per heavy atom. The van der Waals surface area contributed by atoms with Crippen LogP contribution in [0.5, 0.6) is 0 Å². The molecule has 4 nitrogen and oxygen atoms in total. The maximum Gasteiger partial charge on any atom is 0.247 e. The second-order valence-corrected chi connectivity index (χ2v) is 24.6. The molecule has 4 heterocycles. The number of aliphatic imine (C=N–C) groups is 1. The first-order valence-electron chi connectivity index (χ1n) is 26.9. The number of rotatable bonds is 6. The number of hydrogen-bond acceptors (Lipinski definition) is 3. The topological polar surface area (TPSA) is 23.8 Å². The van der Waals surface area contributed by atoms with Crippen LogP contribution in [0.4, 0.5) is 39.8 Å². The molecule has 3 aliphatic heterocycles. The third-order valence-electron chi connectivity index (χ3n) is 16.5. The fourth-order valence-corrected chi connectivity index (χ4v) is 12.8. The van der Waals surface area contributed by atoms with Gasteiger partial charge in [0.15, 0.2) is 0 Å². The molecule has 13 rings (SSSR count). The van der Waals surface area contributed by atoms with Crippen molar-refractivity contribution in [2.75, 3.05) is 9.80 Å². The Hall–Kier alpha value is -7.89. The number of anilines is 6. The van der Waals surface area contributed by atoms with E-state index in [0.29, 0.717) is 0 Å². The number of benzene rings is 9. The van der Waals surface area contributed by atoms with Gasteiger partial charge in [0.2, 0.25) is 6.71 Å². The second-order valence-electron chi connectivity index (χ2n) is 24.6. The van der Waals surface area contributed by atoms with Gasteiger partial charge in [-0.25, -0.2) is 0 Å². The summed E-state index contributed by atoms with van der Waals surface area (Å²) in [6.07, 6.45) is 0. The molecule has 0 saturated carbocycles. The van der Waals surface area contributed by atoms with Gasteiger partial charge in [0.05, 0.1) is 28.4 Å². The SMILES string of the molecule is Cc1cc(C(C)(C)C)cc(C)c1C1=Nc2cc(C(C)(C)C)cc3c2C1c1cc(N(c2ccccc2)c2ccccc2)cc2c1B3c1ccc(-n3c4ccccc4c4ccccc43)cc1N2c1ccc(C(C)(C)C)cc1. The van der Waals surface area contributed by atoms with Gasteiger partial charge in [0, 0.05) is 56.1 Å². The van der Waals surface area contributed by atoms with Gasteiger partial charge in [0.1, 0.15) is 0 Å². The first-order chi connectivity index (χ1) is 35.9. The largest absolute Gasteiger partial charge is 0.311 e. The molecule has 5 heteroatoms. The Kier molecular flexibility index (Phi) is 10.5. The molecule has 0 spiro atoms. The molecule has 0 fully saturated rings. The molecular formula is C70H65BN4. The van der Waals surface area contributed by atoms with Crippen LogP contribution in [0.25, 0.3) is 27.5 Å². The monoisotopic (exact) mass is 973 g/mol. The van der Waals surface area contributed by atoms with E-state index in [1.54, 1.807) is 0 Å². The van der Waals surface area contributed by atoms with Crippen molar-refractivity contribution in [3.63, 3.8) is 0 Å². The van der Waals surface area contributed by atoms with Crippen LogP contribution < -0.4 is 26.2 Å². The number of hydrogen-bond donors (Lipinski definition) is 0. The average Bonchev–Trinajstić information content (AvgIpc) is 3.93. The first-order valence-corrected chi connectivity index (χ1v) is 26.9. The van der Waals surface area contributed by atoms with Crippen LogP contribution in [0.1, 0.15) is 113 Å². The van der Waals surface area contributed by atoms with Crippen molar-refractivity contribution < 1.29 is 0 Å². The minimum atomic E-state index is -0.114. The van der Waals surface area contributed by atoms with E-state index in [-0.39, 0.29) is 28.9 Å². The summed E-state index contributed by atoms with van der Waals surface area (Å²) in [5.74, 6) is -0.108. The molecule has 0 aliphatic carbocycles. The van der Waals surface area contributed by atoms with Gasteiger partial charge in [-0.3, -0.25) is 4.99 Å². The highest BCUT2D eigenvalue weighted by Crippen LogP contribution is 2.51. The fourth-order valence-electron chi connectivity index (χ4n) is 12.8. The summed E-state index contributed by atoms with van der Waals surface area (Å²) in [4.78, 5) is 11.0. The van der Waals surface area contributed by atoms with Gasteiger partial charge in [-0.1, -0.05) is 177 Å². The third-order valence-corrected chi connectivity index (χ3v) is 16.5. The van der Waals surface area contributed by atoms with Crippen molar-refractivity contribution in [1.29, 1.82) is 0 Å². The molecule has 368 valence electrons. The van der Waals surface area contributed by atoms with E-state index in [4.69, 9.17) is 4.99 Å². The Bertz CT molecular complexity index is 3860. The zero-order valence-corrected chi connectivity index (χ0v) is 45.3. The number of aryl methyl sites for hydroxylation is 2. The van der Waals surface area contributed by atoms with Crippen molar-refractivity contribution in [1.82, 2.24) is 4.57 Å². The third kappa shape index (κ3) is 7.44. The summed E-state index contributed by atoms with van der Waals surface area (Å²) in [5.41, 5.74) is 26.9. The van der Waals surface area contributed by atoms with Crippen molar-refractivity contribution in [2.45, 2.75) is 98.3 Å². The lowest BCUT2D eigenvalue weighted by atomic mass is 9.31. The molecule has 1 atom stereocenters. The van der Waals surface area contributed by atoms with Gasteiger partial charge >= 0.3 is 0 Å². The highest BCUT2D eigenvalue weighted by atomic mass is 15.2. The molecule has 0 N–H and O–H groups in total. The normalized spacial score (nSPS) is 14.8. The number of nitrogens with zero attached hydrogens (tertiary/aromatic N) is 4. The number of aromatic nitrogens is 1. The first kappa shape index (κ1) is 46.9. The zero-order valence-electron chi connectivity index (χ0n) is 45.3. The van der Waals surface area contributed by atoms with E-state index < -0.39 is 0 Å². The molecule has 3 aliphatic rings. The molecular weight excluding hydrogens is 908 g/mol. The molecule has 75 heavy (non-hydrogen) atoms. The smallest absolute Gasteiger partial charge is 0.247 e.